The fourth-order valence-corrected chi connectivity index (χ4v) is 3.45. The molecule has 2 amide bonds. The Morgan fingerprint density at radius 3 is 2.81 bits per heavy atom. The van der Waals surface area contributed by atoms with Gasteiger partial charge >= 0.3 is 0 Å². The van der Waals surface area contributed by atoms with E-state index in [9.17, 15) is 9.59 Å². The highest BCUT2D eigenvalue weighted by Gasteiger charge is 2.32. The van der Waals surface area contributed by atoms with E-state index in [1.54, 1.807) is 10.4 Å². The molecule has 2 heterocycles. The van der Waals surface area contributed by atoms with Gasteiger partial charge in [0.2, 0.25) is 5.91 Å². The lowest BCUT2D eigenvalue weighted by Crippen LogP contribution is -2.39. The number of anilines is 1. The summed E-state index contributed by atoms with van der Waals surface area (Å²) in [7, 11) is 0. The maximum atomic E-state index is 12.7. The molecule has 1 aliphatic heterocycles. The molecular formula is C15H15N3O2S. The molecule has 0 saturated heterocycles. The number of amides is 2. The fraction of sp³-hybridized carbons (Fsp3) is 0.267. The third kappa shape index (κ3) is 2.31. The molecule has 0 aliphatic carbocycles. The van der Waals surface area contributed by atoms with Crippen LogP contribution >= 0.6 is 11.3 Å². The van der Waals surface area contributed by atoms with Crippen molar-refractivity contribution >= 4 is 28.8 Å². The largest absolute Gasteiger partial charge is 0.369 e. The minimum Gasteiger partial charge on any atom is -0.369 e. The molecule has 0 fully saturated rings. The lowest BCUT2D eigenvalue weighted by Gasteiger charge is -2.32. The Hall–Kier alpha value is -2.21. The summed E-state index contributed by atoms with van der Waals surface area (Å²) < 4.78 is 0. The molecule has 6 heteroatoms. The number of nitrogens with two attached hydrogens (primary N) is 1. The van der Waals surface area contributed by atoms with Crippen LogP contribution in [0.5, 0.6) is 0 Å². The number of aromatic nitrogens is 1. The van der Waals surface area contributed by atoms with Crippen molar-refractivity contribution in [3.63, 3.8) is 0 Å². The third-order valence-corrected chi connectivity index (χ3v) is 4.69. The summed E-state index contributed by atoms with van der Waals surface area (Å²) in [5.41, 5.74) is 9.47. The van der Waals surface area contributed by atoms with E-state index in [-0.39, 0.29) is 17.7 Å². The highest BCUT2D eigenvalue weighted by atomic mass is 32.1. The lowest BCUT2D eigenvalue weighted by atomic mass is 9.89. The van der Waals surface area contributed by atoms with Crippen molar-refractivity contribution in [2.75, 3.05) is 11.4 Å². The Labute approximate surface area is 126 Å². The number of aryl methyl sites for hydroxylation is 1. The third-order valence-electron chi connectivity index (χ3n) is 3.77. The van der Waals surface area contributed by atoms with Gasteiger partial charge in [-0.2, -0.15) is 0 Å². The zero-order chi connectivity index (χ0) is 15.0. The molecule has 2 N–H and O–H groups in total. The Balaban J connectivity index is 2.02. The highest BCUT2D eigenvalue weighted by molar-refractivity contribution is 7.12. The smallest absolute Gasteiger partial charge is 0.270 e. The quantitative estimate of drug-likeness (QED) is 0.922. The second-order valence-corrected chi connectivity index (χ2v) is 5.88. The molecule has 0 bridgehead atoms. The maximum absolute atomic E-state index is 12.7. The van der Waals surface area contributed by atoms with Gasteiger partial charge in [-0.25, -0.2) is 4.98 Å². The molecule has 108 valence electrons. The van der Waals surface area contributed by atoms with E-state index in [1.807, 2.05) is 31.2 Å². The predicted octanol–water partition coefficient (Wildman–Crippen LogP) is 2.07. The van der Waals surface area contributed by atoms with E-state index in [0.29, 0.717) is 17.8 Å². The van der Waals surface area contributed by atoms with Crippen LogP contribution in [0.4, 0.5) is 5.69 Å². The van der Waals surface area contributed by atoms with Crippen LogP contribution in [0.2, 0.25) is 0 Å². The number of thiazole rings is 1. The Morgan fingerprint density at radius 1 is 1.38 bits per heavy atom. The van der Waals surface area contributed by atoms with Crippen LogP contribution in [0.1, 0.15) is 33.3 Å². The number of carbonyl (C=O) groups excluding carboxylic acids is 2. The van der Waals surface area contributed by atoms with Crippen LogP contribution in [-0.4, -0.2) is 23.3 Å². The summed E-state index contributed by atoms with van der Waals surface area (Å²) >= 11 is 1.34. The van der Waals surface area contributed by atoms with Crippen LogP contribution in [0.3, 0.4) is 0 Å². The van der Waals surface area contributed by atoms with Crippen LogP contribution in [0, 0.1) is 6.92 Å². The number of hydrogen-bond acceptors (Lipinski definition) is 4. The lowest BCUT2D eigenvalue weighted by molar-refractivity contribution is -0.119. The van der Waals surface area contributed by atoms with Gasteiger partial charge in [0.25, 0.3) is 5.91 Å². The van der Waals surface area contributed by atoms with Gasteiger partial charge in [0.15, 0.2) is 0 Å². The van der Waals surface area contributed by atoms with Gasteiger partial charge in [0, 0.05) is 12.2 Å². The minimum atomic E-state index is -0.344. The van der Waals surface area contributed by atoms with Crippen molar-refractivity contribution in [1.29, 1.82) is 0 Å². The average molecular weight is 301 g/mol. The number of carbonyl (C=O) groups is 2. The first kappa shape index (κ1) is 13.8. The second-order valence-electron chi connectivity index (χ2n) is 5.03. The normalized spacial score (nSPS) is 17.4. The molecule has 21 heavy (non-hydrogen) atoms. The number of hydrogen-bond donors (Lipinski definition) is 1. The molecule has 0 saturated carbocycles. The number of nitrogens with zero attached hydrogens (tertiary/aromatic N) is 2. The van der Waals surface area contributed by atoms with Gasteiger partial charge in [0.05, 0.1) is 17.1 Å². The van der Waals surface area contributed by atoms with Gasteiger partial charge in [-0.15, -0.1) is 11.3 Å². The number of fused-ring (bicyclic) bond motifs is 1. The van der Waals surface area contributed by atoms with E-state index in [4.69, 9.17) is 5.73 Å². The Morgan fingerprint density at radius 2 is 2.14 bits per heavy atom. The average Bonchev–Trinajstić information content (AvgIpc) is 2.91. The van der Waals surface area contributed by atoms with Crippen LogP contribution in [0.25, 0.3) is 0 Å². The molecule has 1 aliphatic rings. The van der Waals surface area contributed by atoms with Gasteiger partial charge in [0.1, 0.15) is 4.88 Å². The topological polar surface area (TPSA) is 76.3 Å². The maximum Gasteiger partial charge on any atom is 0.270 e. The summed E-state index contributed by atoms with van der Waals surface area (Å²) in [6, 6.07) is 7.45. The van der Waals surface area contributed by atoms with Crippen LogP contribution in [0.15, 0.2) is 29.8 Å². The molecular weight excluding hydrogens is 286 g/mol. The number of rotatable bonds is 2. The predicted molar refractivity (Wildman–Crippen MR) is 81.5 cm³/mol. The highest BCUT2D eigenvalue weighted by Crippen LogP contribution is 2.36. The monoisotopic (exact) mass is 301 g/mol. The summed E-state index contributed by atoms with van der Waals surface area (Å²) in [4.78, 5) is 30.8. The molecule has 1 aromatic carbocycles. The van der Waals surface area contributed by atoms with Crippen molar-refractivity contribution in [3.8, 4) is 0 Å². The molecule has 0 unspecified atom stereocenters. The summed E-state index contributed by atoms with van der Waals surface area (Å²) in [6.45, 7) is 2.31. The molecule has 1 atom stereocenters. The molecule has 5 nitrogen and oxygen atoms in total. The standard InChI is InChI=1S/C15H15N3O2S/c1-9-13(21-8-17-9)15(20)18-7-6-11(14(16)19)10-4-2-3-5-12(10)18/h2-5,8,11H,6-7H2,1H3,(H2,16,19)/t11-/m1/s1. The van der Waals surface area contributed by atoms with E-state index in [1.165, 1.54) is 11.3 Å². The summed E-state index contributed by atoms with van der Waals surface area (Å²) in [5, 5.41) is 0. The molecule has 0 spiro atoms. The molecule has 3 rings (SSSR count). The fourth-order valence-electron chi connectivity index (χ4n) is 2.70. The van der Waals surface area contributed by atoms with Gasteiger partial charge in [-0.3, -0.25) is 9.59 Å². The van der Waals surface area contributed by atoms with Crippen LogP contribution in [-0.2, 0) is 4.79 Å². The van der Waals surface area contributed by atoms with E-state index in [0.717, 1.165) is 16.9 Å². The van der Waals surface area contributed by atoms with E-state index >= 15 is 0 Å². The zero-order valence-electron chi connectivity index (χ0n) is 11.6. The number of para-hydroxylation sites is 1. The summed E-state index contributed by atoms with van der Waals surface area (Å²) in [6.07, 6.45) is 0.552. The summed E-state index contributed by atoms with van der Waals surface area (Å²) in [5.74, 6) is -0.735. The van der Waals surface area contributed by atoms with E-state index in [2.05, 4.69) is 4.98 Å². The van der Waals surface area contributed by atoms with Crippen molar-refractivity contribution in [1.82, 2.24) is 4.98 Å². The number of primary amides is 1. The van der Waals surface area contributed by atoms with Crippen molar-refractivity contribution in [2.45, 2.75) is 19.3 Å². The Bertz CT molecular complexity index is 710. The second kappa shape index (κ2) is 5.29. The SMILES string of the molecule is Cc1ncsc1C(=O)N1CC[C@@H](C(N)=O)c2ccccc21. The zero-order valence-corrected chi connectivity index (χ0v) is 12.4. The number of benzene rings is 1. The van der Waals surface area contributed by atoms with Gasteiger partial charge in [-0.1, -0.05) is 18.2 Å². The van der Waals surface area contributed by atoms with Crippen molar-refractivity contribution in [2.24, 2.45) is 5.73 Å². The molecule has 2 aromatic rings. The first-order chi connectivity index (χ1) is 10.1. The first-order valence-electron chi connectivity index (χ1n) is 6.69. The molecule has 1 aromatic heterocycles. The molecule has 0 radical (unpaired) electrons. The van der Waals surface area contributed by atoms with Crippen LogP contribution < -0.4 is 10.6 Å². The Kier molecular flexibility index (Phi) is 3.47. The first-order valence-corrected chi connectivity index (χ1v) is 7.57. The van der Waals surface area contributed by atoms with Gasteiger partial charge < -0.3 is 10.6 Å². The van der Waals surface area contributed by atoms with E-state index < -0.39 is 0 Å². The van der Waals surface area contributed by atoms with Crippen molar-refractivity contribution in [3.05, 3.63) is 45.9 Å². The minimum absolute atomic E-state index is 0.0645. The van der Waals surface area contributed by atoms with Gasteiger partial charge in [-0.05, 0) is 25.0 Å². The van der Waals surface area contributed by atoms with Crippen molar-refractivity contribution < 1.29 is 9.59 Å².